The van der Waals surface area contributed by atoms with Gasteiger partial charge < -0.3 is 9.84 Å². The molecule has 0 aliphatic rings. The number of hydrogen-bond donors (Lipinski definition) is 1. The lowest BCUT2D eigenvalue weighted by molar-refractivity contribution is -0.274. The van der Waals surface area contributed by atoms with Crippen LogP contribution in [-0.2, 0) is 20.4 Å². The van der Waals surface area contributed by atoms with Crippen LogP contribution in [0.25, 0.3) is 0 Å². The third-order valence-corrected chi connectivity index (χ3v) is 4.73. The molecule has 0 heterocycles. The molecule has 0 saturated heterocycles. The molecular weight excluding hydrogens is 313 g/mol. The van der Waals surface area contributed by atoms with E-state index in [-0.39, 0.29) is 5.56 Å². The predicted octanol–water partition coefficient (Wildman–Crippen LogP) is 2.36. The summed E-state index contributed by atoms with van der Waals surface area (Å²) in [6.07, 6.45) is -5.35. The Labute approximate surface area is 119 Å². The summed E-state index contributed by atoms with van der Waals surface area (Å²) in [7, 11) is -3.70. The van der Waals surface area contributed by atoms with E-state index in [0.29, 0.717) is 0 Å². The van der Waals surface area contributed by atoms with Gasteiger partial charge in [-0.2, -0.15) is 0 Å². The maximum absolute atomic E-state index is 12.0. The van der Waals surface area contributed by atoms with E-state index >= 15 is 0 Å². The maximum atomic E-state index is 12.0. The molecule has 1 atom stereocenters. The normalized spacial score (nSPS) is 13.7. The van der Waals surface area contributed by atoms with Gasteiger partial charge in [0.1, 0.15) is 5.75 Å². The van der Waals surface area contributed by atoms with E-state index in [0.717, 1.165) is 12.1 Å². The summed E-state index contributed by atoms with van der Waals surface area (Å²) in [5.41, 5.74) is 0.252. The molecule has 0 aromatic heterocycles. The van der Waals surface area contributed by atoms with Crippen molar-refractivity contribution in [3.05, 3.63) is 29.8 Å². The Morgan fingerprint density at radius 1 is 1.29 bits per heavy atom. The Kier molecular flexibility index (Phi) is 5.21. The molecule has 1 aromatic carbocycles. The molecule has 1 unspecified atom stereocenters. The first-order valence-electron chi connectivity index (χ1n) is 5.77. The van der Waals surface area contributed by atoms with Crippen molar-refractivity contribution in [1.82, 2.24) is 0 Å². The fourth-order valence-corrected chi connectivity index (χ4v) is 2.87. The van der Waals surface area contributed by atoms with Gasteiger partial charge in [-0.15, -0.1) is 13.2 Å². The van der Waals surface area contributed by atoms with Gasteiger partial charge in [-0.3, -0.25) is 4.79 Å². The number of hydrogen-bond acceptors (Lipinski definition) is 4. The summed E-state index contributed by atoms with van der Waals surface area (Å²) in [5, 5.41) is 7.49. The monoisotopic (exact) mass is 326 g/mol. The van der Waals surface area contributed by atoms with E-state index in [9.17, 15) is 26.4 Å². The molecule has 118 valence electrons. The summed E-state index contributed by atoms with van der Waals surface area (Å²) >= 11 is 0. The van der Waals surface area contributed by atoms with Crippen LogP contribution < -0.4 is 4.74 Å². The first-order valence-corrected chi connectivity index (χ1v) is 7.49. The van der Waals surface area contributed by atoms with Crippen molar-refractivity contribution in [3.8, 4) is 5.75 Å². The van der Waals surface area contributed by atoms with Gasteiger partial charge in [0.15, 0.2) is 9.84 Å². The largest absolute Gasteiger partial charge is 0.573 e. The second kappa shape index (κ2) is 6.33. The summed E-state index contributed by atoms with van der Waals surface area (Å²) in [6.45, 7) is 1.27. The lowest BCUT2D eigenvalue weighted by atomic mass is 10.2. The third-order valence-electron chi connectivity index (χ3n) is 2.60. The number of halogens is 3. The second-order valence-corrected chi connectivity index (χ2v) is 6.83. The number of sulfone groups is 1. The summed E-state index contributed by atoms with van der Waals surface area (Å²) < 4.78 is 63.3. The predicted molar refractivity (Wildman–Crippen MR) is 67.5 cm³/mol. The topological polar surface area (TPSA) is 80.7 Å². The van der Waals surface area contributed by atoms with Crippen molar-refractivity contribution in [2.75, 3.05) is 0 Å². The van der Waals surface area contributed by atoms with Crippen molar-refractivity contribution in [1.29, 1.82) is 0 Å². The second-order valence-electron chi connectivity index (χ2n) is 4.41. The van der Waals surface area contributed by atoms with Gasteiger partial charge >= 0.3 is 12.3 Å². The van der Waals surface area contributed by atoms with Gasteiger partial charge in [-0.05, 0) is 24.6 Å². The Bertz CT molecular complexity index is 592. The molecule has 0 aliphatic carbocycles. The van der Waals surface area contributed by atoms with Crippen LogP contribution in [0.15, 0.2) is 24.3 Å². The van der Waals surface area contributed by atoms with Crippen LogP contribution >= 0.6 is 0 Å². The summed E-state index contributed by atoms with van der Waals surface area (Å²) in [6, 6.07) is 4.37. The molecule has 1 aromatic rings. The van der Waals surface area contributed by atoms with Crippen LogP contribution in [0.3, 0.4) is 0 Å². The van der Waals surface area contributed by atoms with E-state index in [1.54, 1.807) is 0 Å². The van der Waals surface area contributed by atoms with E-state index in [2.05, 4.69) is 4.74 Å². The van der Waals surface area contributed by atoms with Crippen molar-refractivity contribution in [2.45, 2.75) is 30.7 Å². The summed E-state index contributed by atoms with van der Waals surface area (Å²) in [5.74, 6) is -2.14. The quantitative estimate of drug-likeness (QED) is 0.868. The Morgan fingerprint density at radius 2 is 1.81 bits per heavy atom. The minimum absolute atomic E-state index is 0.252. The molecule has 0 radical (unpaired) electrons. The number of rotatable bonds is 6. The lowest BCUT2D eigenvalue weighted by Gasteiger charge is -2.12. The standard InChI is InChI=1S/C12H13F3O5S/c1-8(6-11(16)17)21(18,19)7-9-2-4-10(5-3-9)20-12(13,14)15/h2-5,8H,6-7H2,1H3,(H,16,17). The Balaban J connectivity index is 2.77. The van der Waals surface area contributed by atoms with Crippen LogP contribution in [0.4, 0.5) is 13.2 Å². The number of aliphatic carboxylic acids is 1. The van der Waals surface area contributed by atoms with Crippen LogP contribution in [-0.4, -0.2) is 31.1 Å². The van der Waals surface area contributed by atoms with E-state index in [1.807, 2.05) is 0 Å². The minimum Gasteiger partial charge on any atom is -0.481 e. The molecule has 0 amide bonds. The molecule has 9 heteroatoms. The number of carboxylic acids is 1. The molecule has 0 bridgehead atoms. The third kappa shape index (κ3) is 6.03. The molecule has 0 spiro atoms. The number of ether oxygens (including phenoxy) is 1. The molecule has 1 rings (SSSR count). The zero-order valence-corrected chi connectivity index (χ0v) is 11.7. The fraction of sp³-hybridized carbons (Fsp3) is 0.417. The molecular formula is C12H13F3O5S. The zero-order valence-electron chi connectivity index (χ0n) is 10.9. The average molecular weight is 326 g/mol. The number of carbonyl (C=O) groups is 1. The molecule has 5 nitrogen and oxygen atoms in total. The molecule has 1 N–H and O–H groups in total. The van der Waals surface area contributed by atoms with Crippen molar-refractivity contribution >= 4 is 15.8 Å². The van der Waals surface area contributed by atoms with E-state index in [4.69, 9.17) is 5.11 Å². The van der Waals surface area contributed by atoms with E-state index in [1.165, 1.54) is 19.1 Å². The molecule has 21 heavy (non-hydrogen) atoms. The van der Waals surface area contributed by atoms with Gasteiger partial charge in [0.25, 0.3) is 0 Å². The molecule has 0 saturated carbocycles. The van der Waals surface area contributed by atoms with Crippen molar-refractivity contribution < 1.29 is 36.2 Å². The number of carboxylic acid groups (broad SMARTS) is 1. The maximum Gasteiger partial charge on any atom is 0.573 e. The highest BCUT2D eigenvalue weighted by Gasteiger charge is 2.31. The minimum atomic E-state index is -4.82. The first-order chi connectivity index (χ1) is 9.49. The van der Waals surface area contributed by atoms with Gasteiger partial charge in [-0.25, -0.2) is 8.42 Å². The molecule has 0 fully saturated rings. The van der Waals surface area contributed by atoms with Gasteiger partial charge in [-0.1, -0.05) is 12.1 Å². The highest BCUT2D eigenvalue weighted by Crippen LogP contribution is 2.23. The SMILES string of the molecule is CC(CC(=O)O)S(=O)(=O)Cc1ccc(OC(F)(F)F)cc1. The highest BCUT2D eigenvalue weighted by molar-refractivity contribution is 7.91. The van der Waals surface area contributed by atoms with Crippen LogP contribution in [0.5, 0.6) is 5.75 Å². The van der Waals surface area contributed by atoms with Crippen LogP contribution in [0.2, 0.25) is 0 Å². The first kappa shape index (κ1) is 17.3. The lowest BCUT2D eigenvalue weighted by Crippen LogP contribution is -2.22. The Hall–Kier alpha value is -1.77. The van der Waals surface area contributed by atoms with Crippen LogP contribution in [0.1, 0.15) is 18.9 Å². The average Bonchev–Trinajstić information content (AvgIpc) is 2.28. The van der Waals surface area contributed by atoms with E-state index < -0.39 is 45.3 Å². The number of alkyl halides is 3. The van der Waals surface area contributed by atoms with Gasteiger partial charge in [0.2, 0.25) is 0 Å². The highest BCUT2D eigenvalue weighted by atomic mass is 32.2. The summed E-state index contributed by atoms with van der Waals surface area (Å²) in [4.78, 5) is 10.5. The zero-order chi connectivity index (χ0) is 16.3. The molecule has 0 aliphatic heterocycles. The van der Waals surface area contributed by atoms with Crippen molar-refractivity contribution in [2.24, 2.45) is 0 Å². The number of benzene rings is 1. The van der Waals surface area contributed by atoms with Gasteiger partial charge in [0, 0.05) is 0 Å². The van der Waals surface area contributed by atoms with Crippen LogP contribution in [0, 0.1) is 0 Å². The van der Waals surface area contributed by atoms with Crippen molar-refractivity contribution in [3.63, 3.8) is 0 Å². The van der Waals surface area contributed by atoms with Gasteiger partial charge in [0.05, 0.1) is 17.4 Å². The Morgan fingerprint density at radius 3 is 2.24 bits per heavy atom. The smallest absolute Gasteiger partial charge is 0.481 e. The fourth-order valence-electron chi connectivity index (χ4n) is 1.53.